The maximum absolute atomic E-state index is 13.2. The van der Waals surface area contributed by atoms with Crippen LogP contribution in [0.1, 0.15) is 26.3 Å². The standard InChI is InChI=1S/C18H19IN4O4S/c1-10-5-7-11(8-6-10)28(26,27)23-13(19)9-12-14(23)20-17(21-15(12)24)22-16(25)18(2,3)4/h5-9H,1-4H3,(H2,20,21,22,24,25). The van der Waals surface area contributed by atoms with Crippen molar-refractivity contribution in [1.29, 1.82) is 0 Å². The Morgan fingerprint density at radius 2 is 1.82 bits per heavy atom. The van der Waals surface area contributed by atoms with Crippen LogP contribution in [0.5, 0.6) is 0 Å². The molecule has 0 aliphatic heterocycles. The lowest BCUT2D eigenvalue weighted by Gasteiger charge is -2.17. The molecular weight excluding hydrogens is 495 g/mol. The van der Waals surface area contributed by atoms with Crippen molar-refractivity contribution in [3.05, 3.63) is 49.9 Å². The molecule has 28 heavy (non-hydrogen) atoms. The van der Waals surface area contributed by atoms with E-state index in [9.17, 15) is 18.0 Å². The molecule has 1 aromatic carbocycles. The van der Waals surface area contributed by atoms with Crippen molar-refractivity contribution in [2.75, 3.05) is 5.32 Å². The van der Waals surface area contributed by atoms with Gasteiger partial charge in [-0.25, -0.2) is 12.4 Å². The number of fused-ring (bicyclic) bond motifs is 1. The minimum atomic E-state index is -3.98. The Morgan fingerprint density at radius 3 is 2.39 bits per heavy atom. The third-order valence-corrected chi connectivity index (χ3v) is 6.90. The molecule has 3 aromatic rings. The lowest BCUT2D eigenvalue weighted by atomic mass is 9.96. The molecule has 2 heterocycles. The summed E-state index contributed by atoms with van der Waals surface area (Å²) in [6.45, 7) is 7.00. The summed E-state index contributed by atoms with van der Waals surface area (Å²) in [5, 5.41) is 2.65. The van der Waals surface area contributed by atoms with E-state index in [1.807, 2.05) is 29.5 Å². The fourth-order valence-corrected chi connectivity index (χ4v) is 5.09. The van der Waals surface area contributed by atoms with Crippen molar-refractivity contribution in [2.45, 2.75) is 32.6 Å². The van der Waals surface area contributed by atoms with E-state index in [1.54, 1.807) is 32.9 Å². The molecule has 0 fully saturated rings. The number of hydrogen-bond donors (Lipinski definition) is 2. The third-order valence-electron chi connectivity index (χ3n) is 4.06. The monoisotopic (exact) mass is 514 g/mol. The summed E-state index contributed by atoms with van der Waals surface area (Å²) in [5.41, 5.74) is -0.367. The number of anilines is 1. The van der Waals surface area contributed by atoms with Gasteiger partial charge in [0.2, 0.25) is 11.9 Å². The third kappa shape index (κ3) is 3.70. The number of aromatic nitrogens is 3. The van der Waals surface area contributed by atoms with E-state index < -0.39 is 21.0 Å². The number of nitrogens with zero attached hydrogens (tertiary/aromatic N) is 2. The number of carbonyl (C=O) groups excluding carboxylic acids is 1. The van der Waals surface area contributed by atoms with Crippen LogP contribution in [0.3, 0.4) is 0 Å². The molecule has 3 rings (SSSR count). The predicted molar refractivity (Wildman–Crippen MR) is 115 cm³/mol. The van der Waals surface area contributed by atoms with Crippen LogP contribution < -0.4 is 10.9 Å². The molecule has 10 heteroatoms. The number of aromatic amines is 1. The van der Waals surface area contributed by atoms with Crippen LogP contribution in [0.4, 0.5) is 5.95 Å². The van der Waals surface area contributed by atoms with Crippen molar-refractivity contribution in [2.24, 2.45) is 5.41 Å². The average molecular weight is 514 g/mol. The maximum Gasteiger partial charge on any atom is 0.270 e. The zero-order valence-corrected chi connectivity index (χ0v) is 18.7. The van der Waals surface area contributed by atoms with Crippen molar-refractivity contribution in [1.82, 2.24) is 13.9 Å². The number of amides is 1. The highest BCUT2D eigenvalue weighted by molar-refractivity contribution is 14.1. The van der Waals surface area contributed by atoms with E-state index >= 15 is 0 Å². The highest BCUT2D eigenvalue weighted by Gasteiger charge is 2.26. The van der Waals surface area contributed by atoms with E-state index in [0.29, 0.717) is 3.70 Å². The van der Waals surface area contributed by atoms with Gasteiger partial charge in [-0.2, -0.15) is 4.98 Å². The summed E-state index contributed by atoms with van der Waals surface area (Å²) in [4.78, 5) is 31.4. The zero-order valence-electron chi connectivity index (χ0n) is 15.7. The Balaban J connectivity index is 2.21. The van der Waals surface area contributed by atoms with Gasteiger partial charge in [0, 0.05) is 5.41 Å². The Labute approximate surface area is 175 Å². The fraction of sp³-hybridized carbons (Fsp3) is 0.278. The van der Waals surface area contributed by atoms with Gasteiger partial charge in [0.05, 0.1) is 14.0 Å². The van der Waals surface area contributed by atoms with Crippen molar-refractivity contribution in [3.8, 4) is 0 Å². The summed E-state index contributed by atoms with van der Waals surface area (Å²) < 4.78 is 27.6. The van der Waals surface area contributed by atoms with Crippen LogP contribution in [0.2, 0.25) is 0 Å². The average Bonchev–Trinajstić information content (AvgIpc) is 2.91. The zero-order chi connectivity index (χ0) is 20.9. The lowest BCUT2D eigenvalue weighted by molar-refractivity contribution is -0.123. The van der Waals surface area contributed by atoms with Gasteiger partial charge in [-0.3, -0.25) is 19.9 Å². The van der Waals surface area contributed by atoms with E-state index in [-0.39, 0.29) is 27.8 Å². The first-order chi connectivity index (χ1) is 12.9. The summed E-state index contributed by atoms with van der Waals surface area (Å²) >= 11 is 1.84. The van der Waals surface area contributed by atoms with Crippen LogP contribution in [-0.4, -0.2) is 28.3 Å². The normalized spacial score (nSPS) is 12.3. The van der Waals surface area contributed by atoms with Crippen LogP contribution in [-0.2, 0) is 14.8 Å². The van der Waals surface area contributed by atoms with Gasteiger partial charge in [0.15, 0.2) is 5.65 Å². The minimum absolute atomic E-state index is 0.0436. The van der Waals surface area contributed by atoms with Gasteiger partial charge in [0.1, 0.15) is 0 Å². The Bertz CT molecular complexity index is 1240. The molecular formula is C18H19IN4O4S. The van der Waals surface area contributed by atoms with E-state index in [1.165, 1.54) is 18.2 Å². The van der Waals surface area contributed by atoms with Gasteiger partial charge in [-0.05, 0) is 47.7 Å². The molecule has 0 aliphatic rings. The SMILES string of the molecule is Cc1ccc(S(=O)(=O)n2c(I)cc3c(=O)[nH]c(NC(=O)C(C)(C)C)nc32)cc1. The second kappa shape index (κ2) is 6.99. The first kappa shape index (κ1) is 20.5. The molecule has 0 saturated heterocycles. The van der Waals surface area contributed by atoms with E-state index in [4.69, 9.17) is 0 Å². The van der Waals surface area contributed by atoms with Crippen molar-refractivity contribution < 1.29 is 13.2 Å². The number of carbonyl (C=O) groups is 1. The van der Waals surface area contributed by atoms with Crippen molar-refractivity contribution in [3.63, 3.8) is 0 Å². The second-order valence-electron chi connectivity index (χ2n) is 7.41. The molecule has 0 spiro atoms. The quantitative estimate of drug-likeness (QED) is 0.522. The highest BCUT2D eigenvalue weighted by Crippen LogP contribution is 2.25. The number of halogens is 1. The molecule has 2 aromatic heterocycles. The topological polar surface area (TPSA) is 114 Å². The predicted octanol–water partition coefficient (Wildman–Crippen LogP) is 2.86. The number of hydrogen-bond acceptors (Lipinski definition) is 5. The van der Waals surface area contributed by atoms with Gasteiger partial charge in [-0.15, -0.1) is 0 Å². The minimum Gasteiger partial charge on any atom is -0.296 e. The summed E-state index contributed by atoms with van der Waals surface area (Å²) in [6, 6.07) is 7.84. The van der Waals surface area contributed by atoms with Crippen LogP contribution in [0.15, 0.2) is 40.0 Å². The van der Waals surface area contributed by atoms with Crippen LogP contribution >= 0.6 is 22.6 Å². The molecule has 0 aliphatic carbocycles. The molecule has 0 bridgehead atoms. The molecule has 148 valence electrons. The van der Waals surface area contributed by atoms with Crippen LogP contribution in [0.25, 0.3) is 11.0 Å². The van der Waals surface area contributed by atoms with Gasteiger partial charge < -0.3 is 0 Å². The molecule has 0 saturated carbocycles. The first-order valence-corrected chi connectivity index (χ1v) is 10.9. The summed E-state index contributed by atoms with van der Waals surface area (Å²) in [5.74, 6) is -0.462. The van der Waals surface area contributed by atoms with Gasteiger partial charge in [0.25, 0.3) is 15.6 Å². The molecule has 0 radical (unpaired) electrons. The Hall–Kier alpha value is -2.21. The summed E-state index contributed by atoms with van der Waals surface area (Å²) in [6.07, 6.45) is 0. The first-order valence-electron chi connectivity index (χ1n) is 8.36. The maximum atomic E-state index is 13.2. The smallest absolute Gasteiger partial charge is 0.270 e. The Morgan fingerprint density at radius 1 is 1.21 bits per heavy atom. The molecule has 2 N–H and O–H groups in total. The van der Waals surface area contributed by atoms with Crippen LogP contribution in [0, 0.1) is 16.0 Å². The summed E-state index contributed by atoms with van der Waals surface area (Å²) in [7, 11) is -3.98. The Kier molecular flexibility index (Phi) is 5.13. The van der Waals surface area contributed by atoms with Gasteiger partial charge >= 0.3 is 0 Å². The second-order valence-corrected chi connectivity index (χ2v) is 10.3. The molecule has 8 nitrogen and oxygen atoms in total. The number of rotatable bonds is 3. The number of benzene rings is 1. The molecule has 0 atom stereocenters. The molecule has 0 unspecified atom stereocenters. The number of H-pyrrole nitrogens is 1. The van der Waals surface area contributed by atoms with E-state index in [0.717, 1.165) is 9.54 Å². The van der Waals surface area contributed by atoms with Gasteiger partial charge in [-0.1, -0.05) is 38.5 Å². The molecule has 1 amide bonds. The largest absolute Gasteiger partial charge is 0.296 e. The highest BCUT2D eigenvalue weighted by atomic mass is 127. The number of aryl methyl sites for hydroxylation is 1. The van der Waals surface area contributed by atoms with E-state index in [2.05, 4.69) is 15.3 Å². The number of nitrogens with one attached hydrogen (secondary N) is 2. The lowest BCUT2D eigenvalue weighted by Crippen LogP contribution is -2.29. The van der Waals surface area contributed by atoms with Crippen molar-refractivity contribution >= 4 is 55.5 Å². The fourth-order valence-electron chi connectivity index (χ4n) is 2.43.